The maximum Gasteiger partial charge on any atom is 0.257 e. The van der Waals surface area contributed by atoms with E-state index in [1.807, 2.05) is 0 Å². The van der Waals surface area contributed by atoms with Crippen molar-refractivity contribution in [2.24, 2.45) is 0 Å². The molecule has 6 heteroatoms. The van der Waals surface area contributed by atoms with Crippen LogP contribution in [-0.2, 0) is 0 Å². The lowest BCUT2D eigenvalue weighted by atomic mass is 10.1. The number of carbonyl (C=O) groups is 1. The summed E-state index contributed by atoms with van der Waals surface area (Å²) >= 11 is 0. The summed E-state index contributed by atoms with van der Waals surface area (Å²) in [6.45, 7) is 1.23. The van der Waals surface area contributed by atoms with E-state index in [2.05, 4.69) is 0 Å². The van der Waals surface area contributed by atoms with E-state index >= 15 is 0 Å². The normalized spacial score (nSPS) is 12.4. The zero-order valence-corrected chi connectivity index (χ0v) is 9.38. The van der Waals surface area contributed by atoms with Gasteiger partial charge in [-0.15, -0.1) is 0 Å². The van der Waals surface area contributed by atoms with E-state index in [4.69, 9.17) is 5.11 Å². The molecule has 0 heterocycles. The average molecular weight is 247 g/mol. The Morgan fingerprint density at radius 2 is 1.94 bits per heavy atom. The second-order valence-corrected chi connectivity index (χ2v) is 3.67. The molecule has 0 aliphatic heterocycles. The molecule has 0 radical (unpaired) electrons. The van der Waals surface area contributed by atoms with Crippen molar-refractivity contribution in [2.45, 2.75) is 13.0 Å². The van der Waals surface area contributed by atoms with Crippen LogP contribution in [0.15, 0.2) is 12.1 Å². The number of carbonyl (C=O) groups excluding carboxylic acids is 1. The zero-order valence-electron chi connectivity index (χ0n) is 9.38. The smallest absolute Gasteiger partial charge is 0.257 e. The largest absolute Gasteiger partial charge is 0.394 e. The topological polar surface area (TPSA) is 40.5 Å². The van der Waals surface area contributed by atoms with Crippen LogP contribution in [-0.4, -0.2) is 35.6 Å². The van der Waals surface area contributed by atoms with Gasteiger partial charge in [-0.05, 0) is 19.1 Å². The summed E-state index contributed by atoms with van der Waals surface area (Å²) in [5.74, 6) is -5.37. The van der Waals surface area contributed by atoms with Crippen LogP contribution in [0.25, 0.3) is 0 Å². The standard InChI is InChI=1S/C11H12F3NO2/c1-6(5-16)15(2)11(17)7-3-4-8(12)10(14)9(7)13/h3-4,6,16H,5H2,1-2H3. The van der Waals surface area contributed by atoms with Crippen LogP contribution in [0.4, 0.5) is 13.2 Å². The highest BCUT2D eigenvalue weighted by Crippen LogP contribution is 2.17. The van der Waals surface area contributed by atoms with Crippen LogP contribution in [0.1, 0.15) is 17.3 Å². The van der Waals surface area contributed by atoms with Gasteiger partial charge in [0.2, 0.25) is 0 Å². The van der Waals surface area contributed by atoms with Gasteiger partial charge >= 0.3 is 0 Å². The second kappa shape index (κ2) is 5.18. The molecule has 1 N–H and O–H groups in total. The van der Waals surface area contributed by atoms with Gasteiger partial charge in [0, 0.05) is 7.05 Å². The minimum Gasteiger partial charge on any atom is -0.394 e. The van der Waals surface area contributed by atoms with Gasteiger partial charge in [-0.1, -0.05) is 0 Å². The quantitative estimate of drug-likeness (QED) is 0.823. The van der Waals surface area contributed by atoms with E-state index in [9.17, 15) is 18.0 Å². The first-order chi connectivity index (χ1) is 7.90. The first kappa shape index (κ1) is 13.5. The van der Waals surface area contributed by atoms with Crippen molar-refractivity contribution in [3.63, 3.8) is 0 Å². The van der Waals surface area contributed by atoms with E-state index in [-0.39, 0.29) is 6.61 Å². The van der Waals surface area contributed by atoms with Crippen LogP contribution in [0.5, 0.6) is 0 Å². The van der Waals surface area contributed by atoms with Crippen LogP contribution < -0.4 is 0 Å². The molecule has 0 aliphatic carbocycles. The fraction of sp³-hybridized carbons (Fsp3) is 0.364. The van der Waals surface area contributed by atoms with Crippen molar-refractivity contribution in [3.05, 3.63) is 35.1 Å². The molecule has 0 saturated heterocycles. The van der Waals surface area contributed by atoms with Crippen molar-refractivity contribution >= 4 is 5.91 Å². The van der Waals surface area contributed by atoms with Gasteiger partial charge in [0.05, 0.1) is 18.2 Å². The first-order valence-corrected chi connectivity index (χ1v) is 4.91. The van der Waals surface area contributed by atoms with Crippen molar-refractivity contribution in [3.8, 4) is 0 Å². The van der Waals surface area contributed by atoms with E-state index in [1.54, 1.807) is 0 Å². The van der Waals surface area contributed by atoms with Gasteiger partial charge in [0.15, 0.2) is 17.5 Å². The number of aliphatic hydroxyl groups is 1. The molecule has 1 rings (SSSR count). The highest BCUT2D eigenvalue weighted by atomic mass is 19.2. The highest BCUT2D eigenvalue weighted by Gasteiger charge is 2.23. The molecule has 1 amide bonds. The van der Waals surface area contributed by atoms with Crippen LogP contribution in [0.3, 0.4) is 0 Å². The molecule has 0 aromatic heterocycles. The predicted octanol–water partition coefficient (Wildman–Crippen LogP) is 1.56. The summed E-state index contributed by atoms with van der Waals surface area (Å²) < 4.78 is 38.9. The number of amides is 1. The molecule has 94 valence electrons. The van der Waals surface area contributed by atoms with E-state index in [0.717, 1.165) is 11.0 Å². The first-order valence-electron chi connectivity index (χ1n) is 4.91. The number of hydrogen-bond acceptors (Lipinski definition) is 2. The van der Waals surface area contributed by atoms with E-state index < -0.39 is 35.0 Å². The lowest BCUT2D eigenvalue weighted by Gasteiger charge is -2.23. The molecule has 0 spiro atoms. The summed E-state index contributed by atoms with van der Waals surface area (Å²) in [7, 11) is 1.34. The fourth-order valence-electron chi connectivity index (χ4n) is 1.20. The third kappa shape index (κ3) is 2.58. The summed E-state index contributed by atoms with van der Waals surface area (Å²) in [5.41, 5.74) is -0.563. The fourth-order valence-corrected chi connectivity index (χ4v) is 1.20. The minimum atomic E-state index is -1.68. The Balaban J connectivity index is 3.09. The Morgan fingerprint density at radius 3 is 2.47 bits per heavy atom. The molecule has 0 aliphatic rings. The maximum absolute atomic E-state index is 13.3. The highest BCUT2D eigenvalue weighted by molar-refractivity contribution is 5.94. The monoisotopic (exact) mass is 247 g/mol. The Labute approximate surface area is 96.5 Å². The second-order valence-electron chi connectivity index (χ2n) is 3.67. The molecule has 1 atom stereocenters. The van der Waals surface area contributed by atoms with Crippen LogP contribution in [0.2, 0.25) is 0 Å². The summed E-state index contributed by atoms with van der Waals surface area (Å²) in [5, 5.41) is 8.85. The molecule has 0 fully saturated rings. The molecule has 1 aromatic carbocycles. The molecular formula is C11H12F3NO2. The molecular weight excluding hydrogens is 235 g/mol. The van der Waals surface area contributed by atoms with Gasteiger partial charge < -0.3 is 10.0 Å². The lowest BCUT2D eigenvalue weighted by molar-refractivity contribution is 0.0676. The van der Waals surface area contributed by atoms with Crippen LogP contribution in [0, 0.1) is 17.5 Å². The van der Waals surface area contributed by atoms with Crippen LogP contribution >= 0.6 is 0 Å². The Morgan fingerprint density at radius 1 is 1.35 bits per heavy atom. The predicted molar refractivity (Wildman–Crippen MR) is 55.0 cm³/mol. The van der Waals surface area contributed by atoms with Gasteiger partial charge in [-0.3, -0.25) is 4.79 Å². The molecule has 1 aromatic rings. The summed E-state index contributed by atoms with van der Waals surface area (Å²) in [6.07, 6.45) is 0. The molecule has 17 heavy (non-hydrogen) atoms. The van der Waals surface area contributed by atoms with E-state index in [1.165, 1.54) is 14.0 Å². The van der Waals surface area contributed by atoms with Gasteiger partial charge in [0.1, 0.15) is 0 Å². The van der Waals surface area contributed by atoms with Crippen molar-refractivity contribution in [2.75, 3.05) is 13.7 Å². The molecule has 0 saturated carbocycles. The zero-order chi connectivity index (χ0) is 13.2. The van der Waals surface area contributed by atoms with Crippen molar-refractivity contribution in [1.29, 1.82) is 0 Å². The number of nitrogens with zero attached hydrogens (tertiary/aromatic N) is 1. The Bertz CT molecular complexity index is 437. The number of benzene rings is 1. The molecule has 3 nitrogen and oxygen atoms in total. The summed E-state index contributed by atoms with van der Waals surface area (Å²) in [4.78, 5) is 12.8. The molecule has 1 unspecified atom stereocenters. The van der Waals surface area contributed by atoms with Crippen molar-refractivity contribution in [1.82, 2.24) is 4.90 Å². The number of aliphatic hydroxyl groups excluding tert-OH is 1. The van der Waals surface area contributed by atoms with Gasteiger partial charge in [-0.2, -0.15) is 0 Å². The minimum absolute atomic E-state index is 0.312. The number of rotatable bonds is 3. The molecule has 0 bridgehead atoms. The number of hydrogen-bond donors (Lipinski definition) is 1. The third-order valence-electron chi connectivity index (χ3n) is 2.51. The Hall–Kier alpha value is -1.56. The number of likely N-dealkylation sites (N-methyl/N-ethyl adjacent to an activating group) is 1. The van der Waals surface area contributed by atoms with Gasteiger partial charge in [-0.25, -0.2) is 13.2 Å². The van der Waals surface area contributed by atoms with E-state index in [0.29, 0.717) is 6.07 Å². The third-order valence-corrected chi connectivity index (χ3v) is 2.51. The average Bonchev–Trinajstić information content (AvgIpc) is 2.33. The van der Waals surface area contributed by atoms with Gasteiger partial charge in [0.25, 0.3) is 5.91 Å². The number of halogens is 3. The SMILES string of the molecule is CC(CO)N(C)C(=O)c1ccc(F)c(F)c1F. The Kier molecular flexibility index (Phi) is 4.11. The maximum atomic E-state index is 13.3. The van der Waals surface area contributed by atoms with Crippen molar-refractivity contribution < 1.29 is 23.1 Å². The summed E-state index contributed by atoms with van der Waals surface area (Å²) in [6, 6.07) is 1.01. The lowest BCUT2D eigenvalue weighted by Crippen LogP contribution is -2.37.